The summed E-state index contributed by atoms with van der Waals surface area (Å²) in [5.41, 5.74) is 0. The third kappa shape index (κ3) is 4.41. The van der Waals surface area contributed by atoms with Crippen LogP contribution in [0.2, 0.25) is 3.93 Å². The van der Waals surface area contributed by atoms with Crippen LogP contribution in [0.25, 0.3) is 0 Å². The third-order valence-electron chi connectivity index (χ3n) is 0.204. The predicted molar refractivity (Wildman–Crippen MR) is 9.81 cm³/mol. The summed E-state index contributed by atoms with van der Waals surface area (Å²) in [5, 5.41) is 9.31. The molecule has 2 nitrogen and oxygen atoms in total. The van der Waals surface area contributed by atoms with Crippen molar-refractivity contribution in [2.24, 2.45) is 0 Å². The molecule has 0 radical (unpaired) electrons. The van der Waals surface area contributed by atoms with Crippen LogP contribution in [0, 0.1) is 0 Å². The van der Waals surface area contributed by atoms with Crippen LogP contribution >= 0.6 is 0 Å². The van der Waals surface area contributed by atoms with Gasteiger partial charge in [-0.2, -0.15) is 0 Å². The van der Waals surface area contributed by atoms with Gasteiger partial charge in [-0.15, -0.1) is 0 Å². The number of hydrogen-bond acceptors (Lipinski definition) is 2. The molecule has 5 heavy (non-hydrogen) atoms. The van der Waals surface area contributed by atoms with Crippen LogP contribution in [-0.4, -0.2) is 5.97 Å². The van der Waals surface area contributed by atoms with E-state index < -0.39 is 5.97 Å². The quantitative estimate of drug-likeness (QED) is 0.549. The molecule has 0 aliphatic rings. The zero-order valence-corrected chi connectivity index (χ0v) is 8.23. The molecule has 0 aliphatic carbocycles. The van der Waals surface area contributed by atoms with Crippen molar-refractivity contribution >= 4 is 5.97 Å². The van der Waals surface area contributed by atoms with Crippen LogP contribution in [0.1, 0.15) is 0 Å². The average Bonchev–Trinajstić information content (AvgIpc) is 1.38. The van der Waals surface area contributed by atoms with E-state index in [2.05, 4.69) is 0 Å². The molecule has 0 unspecified atom stereocenters. The Balaban J connectivity index is 2.85. The van der Waals surface area contributed by atoms with Crippen LogP contribution in [0.4, 0.5) is 0 Å². The molecule has 0 atom stereocenters. The van der Waals surface area contributed by atoms with Crippen molar-refractivity contribution in [3.63, 3.8) is 0 Å². The summed E-state index contributed by atoms with van der Waals surface area (Å²) in [5.74, 6) is -0.909. The van der Waals surface area contributed by atoms with E-state index in [1.54, 1.807) is 0 Å². The first kappa shape index (κ1) is 5.41. The molecule has 24 valence electrons. The molecular weight excluding hydrogens is 257 g/mol. The molecule has 0 rings (SSSR count). The maximum atomic E-state index is 9.31. The maximum absolute atomic E-state index is 9.31. The van der Waals surface area contributed by atoms with E-state index in [0.717, 1.165) is 0 Å². The number of carbonyl (C=O) groups is 1. The van der Waals surface area contributed by atoms with Gasteiger partial charge in [0.1, 0.15) is 0 Å². The van der Waals surface area contributed by atoms with Gasteiger partial charge < -0.3 is 0 Å². The van der Waals surface area contributed by atoms with Gasteiger partial charge in [0.2, 0.25) is 0 Å². The van der Waals surface area contributed by atoms with Crippen molar-refractivity contribution in [3.05, 3.63) is 0 Å². The molecule has 0 N–H and O–H groups in total. The van der Waals surface area contributed by atoms with Crippen molar-refractivity contribution < 1.29 is 36.0 Å². The second-order valence-corrected chi connectivity index (χ2v) is 2.57. The van der Waals surface area contributed by atoms with E-state index >= 15 is 0 Å². The number of carboxylic acids is 1. The number of carboxylic acid groups (broad SMARTS) is 1. The van der Waals surface area contributed by atoms with Crippen molar-refractivity contribution in [3.8, 4) is 0 Å². The molecule has 0 saturated carbocycles. The normalized spacial score (nSPS) is 7.60. The Morgan fingerprint density at radius 3 is 2.20 bits per heavy atom. The first-order valence-electron chi connectivity index (χ1n) is 1.26. The Morgan fingerprint density at radius 1 is 2.00 bits per heavy atom. The Hall–Kier alpha value is 0.405. The Bertz CT molecular complexity index is 42.9. The Labute approximate surface area is 46.2 Å². The molecule has 0 bridgehead atoms. The van der Waals surface area contributed by atoms with Crippen molar-refractivity contribution in [1.29, 1.82) is 0 Å². The molecule has 0 heterocycles. The van der Waals surface area contributed by atoms with Gasteiger partial charge in [0.15, 0.2) is 0 Å². The standard InChI is InChI=1S/C2H3O2.Hg/c1-2(3)4;/h1H2,(H,3,4);/q;+1/p-1. The van der Waals surface area contributed by atoms with Crippen LogP contribution in [0.5, 0.6) is 0 Å². The van der Waals surface area contributed by atoms with Gasteiger partial charge in [-0.05, 0) is 0 Å². The van der Waals surface area contributed by atoms with Gasteiger partial charge >= 0.3 is 45.9 Å². The van der Waals surface area contributed by atoms with Gasteiger partial charge in [-0.3, -0.25) is 0 Å². The predicted octanol–water partition coefficient (Wildman–Crippen LogP) is -1.30. The van der Waals surface area contributed by atoms with E-state index in [4.69, 9.17) is 0 Å². The summed E-state index contributed by atoms with van der Waals surface area (Å²) in [4.78, 5) is 9.31. The molecule has 0 amide bonds. The summed E-state index contributed by atoms with van der Waals surface area (Å²) >= 11 is 0.381. The molecule has 0 aromatic carbocycles. The van der Waals surface area contributed by atoms with Gasteiger partial charge in [-0.25, -0.2) is 0 Å². The second-order valence-electron chi connectivity index (χ2n) is 0.622. The van der Waals surface area contributed by atoms with Gasteiger partial charge in [-0.1, -0.05) is 0 Å². The van der Waals surface area contributed by atoms with Crippen molar-refractivity contribution in [2.75, 3.05) is 0 Å². The van der Waals surface area contributed by atoms with Crippen LogP contribution in [-0.2, 0) is 30.9 Å². The Morgan fingerprint density at radius 2 is 2.20 bits per heavy atom. The van der Waals surface area contributed by atoms with E-state index in [-0.39, 0.29) is 0 Å². The first-order chi connectivity index (χ1) is 2.27. The number of carbonyl (C=O) groups excluding carboxylic acids is 1. The summed E-state index contributed by atoms with van der Waals surface area (Å²) in [7, 11) is 0. The van der Waals surface area contributed by atoms with Crippen LogP contribution in [0.15, 0.2) is 0 Å². The fraction of sp³-hybridized carbons (Fsp3) is 0.500. The summed E-state index contributed by atoms with van der Waals surface area (Å²) in [6.07, 6.45) is 0. The summed E-state index contributed by atoms with van der Waals surface area (Å²) in [6, 6.07) is 0. The second kappa shape index (κ2) is 2.63. The fourth-order valence-electron chi connectivity index (χ4n) is 0. The van der Waals surface area contributed by atoms with Gasteiger partial charge in [0.05, 0.1) is 0 Å². The minimum absolute atomic E-state index is 0.306. The SMILES string of the molecule is O=C([O-])[CH2][Hg+]. The summed E-state index contributed by atoms with van der Waals surface area (Å²) < 4.78 is 0.306. The minimum atomic E-state index is -0.909. The zero-order chi connectivity index (χ0) is 4.28. The van der Waals surface area contributed by atoms with E-state index in [0.29, 0.717) is 30.1 Å². The first-order valence-corrected chi connectivity index (χ1v) is 5.15. The number of aliphatic carboxylic acids is 1. The van der Waals surface area contributed by atoms with E-state index in [1.807, 2.05) is 0 Å². The number of hydrogen-bond donors (Lipinski definition) is 0. The average molecular weight is 259 g/mol. The van der Waals surface area contributed by atoms with E-state index in [9.17, 15) is 9.90 Å². The molecule has 3 heteroatoms. The molecule has 0 aromatic rings. The monoisotopic (exact) mass is 260 g/mol. The molecule has 0 aliphatic heterocycles. The van der Waals surface area contributed by atoms with Gasteiger partial charge in [0, 0.05) is 0 Å². The summed E-state index contributed by atoms with van der Waals surface area (Å²) in [6.45, 7) is 0. The molecular formula is C2H2HgO2. The molecule has 0 fully saturated rings. The van der Waals surface area contributed by atoms with Crippen LogP contribution < -0.4 is 5.11 Å². The number of rotatable bonds is 1. The topological polar surface area (TPSA) is 40.1 Å². The van der Waals surface area contributed by atoms with E-state index in [1.165, 1.54) is 0 Å². The molecule has 0 spiro atoms. The van der Waals surface area contributed by atoms with Gasteiger partial charge in [0.25, 0.3) is 0 Å². The zero-order valence-electron chi connectivity index (χ0n) is 2.73. The van der Waals surface area contributed by atoms with Crippen molar-refractivity contribution in [1.82, 2.24) is 0 Å². The molecule has 0 saturated heterocycles. The molecule has 0 aromatic heterocycles. The van der Waals surface area contributed by atoms with Crippen LogP contribution in [0.3, 0.4) is 0 Å². The Kier molecular flexibility index (Phi) is 2.85. The third-order valence-corrected chi connectivity index (χ3v) is 1.79. The fourth-order valence-corrected chi connectivity index (χ4v) is 0. The van der Waals surface area contributed by atoms with Crippen molar-refractivity contribution in [2.45, 2.75) is 3.93 Å².